The number of carbonyl (C=O) groups is 1. The van der Waals surface area contributed by atoms with Crippen molar-refractivity contribution in [2.24, 2.45) is 0 Å². The molecule has 1 aliphatic carbocycles. The third-order valence-corrected chi connectivity index (χ3v) is 8.50. The highest BCUT2D eigenvalue weighted by molar-refractivity contribution is 5.98. The van der Waals surface area contributed by atoms with E-state index in [9.17, 15) is 9.90 Å². The molecule has 2 N–H and O–H groups in total. The van der Waals surface area contributed by atoms with Crippen molar-refractivity contribution < 1.29 is 14.6 Å². The van der Waals surface area contributed by atoms with Gasteiger partial charge in [0.05, 0.1) is 30.7 Å². The Hall–Kier alpha value is -3.79. The van der Waals surface area contributed by atoms with Crippen LogP contribution in [-0.4, -0.2) is 80.0 Å². The number of piperazine rings is 1. The van der Waals surface area contributed by atoms with E-state index in [-0.39, 0.29) is 24.6 Å². The minimum Gasteiger partial charge on any atom is -0.385 e. The van der Waals surface area contributed by atoms with Gasteiger partial charge in [0.25, 0.3) is 5.91 Å². The molecule has 2 aliphatic rings. The Morgan fingerprint density at radius 3 is 2.59 bits per heavy atom. The maximum Gasteiger partial charge on any atom is 0.275 e. The Kier molecular flexibility index (Phi) is 8.00. The van der Waals surface area contributed by atoms with E-state index in [1.54, 1.807) is 13.4 Å². The van der Waals surface area contributed by atoms with Crippen LogP contribution in [0.1, 0.15) is 42.2 Å². The van der Waals surface area contributed by atoms with Crippen molar-refractivity contribution in [2.75, 3.05) is 33.4 Å². The van der Waals surface area contributed by atoms with Gasteiger partial charge in [-0.25, -0.2) is 9.97 Å². The summed E-state index contributed by atoms with van der Waals surface area (Å²) in [7, 11) is 1.62. The number of imidazole rings is 2. The number of amides is 1. The summed E-state index contributed by atoms with van der Waals surface area (Å²) in [5.74, 6) is 0.786. The molecule has 3 heterocycles. The minimum absolute atomic E-state index is 0.0817. The molecule has 0 bridgehead atoms. The van der Waals surface area contributed by atoms with E-state index >= 15 is 0 Å². The number of nitrogens with one attached hydrogen (secondary N) is 1. The summed E-state index contributed by atoms with van der Waals surface area (Å²) < 4.78 is 9.61. The molecule has 1 saturated carbocycles. The molecule has 41 heavy (non-hydrogen) atoms. The lowest BCUT2D eigenvalue weighted by Crippen LogP contribution is -2.55. The van der Waals surface area contributed by atoms with Crippen molar-refractivity contribution in [2.45, 2.75) is 49.9 Å². The van der Waals surface area contributed by atoms with Crippen LogP contribution in [0.5, 0.6) is 0 Å². The topological polar surface area (TPSA) is 97.4 Å². The molecule has 1 amide bonds. The van der Waals surface area contributed by atoms with E-state index in [0.717, 1.165) is 48.5 Å². The van der Waals surface area contributed by atoms with Crippen molar-refractivity contribution in [1.29, 1.82) is 0 Å². The van der Waals surface area contributed by atoms with Crippen LogP contribution < -0.4 is 5.32 Å². The number of methoxy groups -OCH3 is 1. The lowest BCUT2D eigenvalue weighted by Gasteiger charge is -2.41. The molecular weight excluding hydrogens is 516 g/mol. The summed E-state index contributed by atoms with van der Waals surface area (Å²) >= 11 is 0. The van der Waals surface area contributed by atoms with Crippen LogP contribution in [0.25, 0.3) is 22.6 Å². The molecule has 2 fully saturated rings. The standard InChI is InChI=1S/C32H38N6O3/c1-41-22-32(40)15-9-8-14-27(32)38-23-35-28(29(38)24-10-4-2-5-11-24)31(39)37-19-16-33-20-26(37)21-36-18-17-34-30(36)25-12-6-3-7-13-25/h2-7,10-13,17-18,23,26-27,33,40H,8-9,14-16,19-22H2,1H3/t26-,27+,32+/m0/s1. The molecule has 1 saturated heterocycles. The molecule has 9 heteroatoms. The van der Waals surface area contributed by atoms with E-state index < -0.39 is 5.60 Å². The molecule has 2 aromatic carbocycles. The number of benzene rings is 2. The van der Waals surface area contributed by atoms with Crippen molar-refractivity contribution >= 4 is 5.91 Å². The van der Waals surface area contributed by atoms with Crippen LogP contribution in [0.3, 0.4) is 0 Å². The zero-order chi connectivity index (χ0) is 28.2. The SMILES string of the molecule is COC[C@]1(O)CCCC[C@H]1n1cnc(C(=O)N2CCNC[C@H]2Cn2ccnc2-c2ccccc2)c1-c1ccccc1. The fourth-order valence-corrected chi connectivity index (χ4v) is 6.51. The monoisotopic (exact) mass is 554 g/mol. The van der Waals surface area contributed by atoms with Gasteiger partial charge in [-0.15, -0.1) is 0 Å². The Labute approximate surface area is 240 Å². The van der Waals surface area contributed by atoms with Gasteiger partial charge in [0.15, 0.2) is 5.69 Å². The number of carbonyl (C=O) groups excluding carboxylic acids is 1. The van der Waals surface area contributed by atoms with Crippen LogP contribution >= 0.6 is 0 Å². The first-order valence-corrected chi connectivity index (χ1v) is 14.5. The van der Waals surface area contributed by atoms with E-state index in [2.05, 4.69) is 27.0 Å². The Bertz CT molecular complexity index is 1450. The molecule has 0 unspecified atom stereocenters. The molecule has 2 aromatic heterocycles. The number of hydrogen-bond acceptors (Lipinski definition) is 6. The lowest BCUT2D eigenvalue weighted by molar-refractivity contribution is -0.0893. The number of hydrogen-bond donors (Lipinski definition) is 2. The van der Waals surface area contributed by atoms with Gasteiger partial charge in [-0.1, -0.05) is 73.5 Å². The average molecular weight is 555 g/mol. The van der Waals surface area contributed by atoms with Crippen LogP contribution in [0, 0.1) is 0 Å². The molecule has 4 aromatic rings. The molecular formula is C32H38N6O3. The first-order valence-electron chi connectivity index (χ1n) is 14.5. The largest absolute Gasteiger partial charge is 0.385 e. The number of nitrogens with zero attached hydrogens (tertiary/aromatic N) is 5. The van der Waals surface area contributed by atoms with E-state index in [0.29, 0.717) is 31.7 Å². The maximum absolute atomic E-state index is 14.4. The first kappa shape index (κ1) is 27.4. The molecule has 1 aliphatic heterocycles. The predicted octanol–water partition coefficient (Wildman–Crippen LogP) is 4.02. The van der Waals surface area contributed by atoms with Gasteiger partial charge in [-0.2, -0.15) is 0 Å². The van der Waals surface area contributed by atoms with Gasteiger partial charge in [0.2, 0.25) is 0 Å². The average Bonchev–Trinajstić information content (AvgIpc) is 3.66. The quantitative estimate of drug-likeness (QED) is 0.342. The van der Waals surface area contributed by atoms with Gasteiger partial charge < -0.3 is 29.2 Å². The van der Waals surface area contributed by atoms with E-state index in [1.807, 2.05) is 70.4 Å². The molecule has 0 radical (unpaired) electrons. The summed E-state index contributed by atoms with van der Waals surface area (Å²) in [6.07, 6.45) is 8.92. The van der Waals surface area contributed by atoms with Crippen LogP contribution in [0.15, 0.2) is 79.4 Å². The van der Waals surface area contributed by atoms with Crippen LogP contribution in [-0.2, 0) is 11.3 Å². The predicted molar refractivity (Wildman–Crippen MR) is 157 cm³/mol. The normalized spacial score (nSPS) is 23.0. The fourth-order valence-electron chi connectivity index (χ4n) is 6.51. The summed E-state index contributed by atoms with van der Waals surface area (Å²) in [6, 6.07) is 19.7. The Balaban J connectivity index is 1.35. The van der Waals surface area contributed by atoms with Gasteiger partial charge in [-0.05, 0) is 12.8 Å². The van der Waals surface area contributed by atoms with Crippen molar-refractivity contribution in [1.82, 2.24) is 29.3 Å². The summed E-state index contributed by atoms with van der Waals surface area (Å²) in [5.41, 5.74) is 2.10. The van der Waals surface area contributed by atoms with Crippen molar-refractivity contribution in [3.8, 4) is 22.6 Å². The second-order valence-corrected chi connectivity index (χ2v) is 11.1. The Morgan fingerprint density at radius 1 is 1.07 bits per heavy atom. The highest BCUT2D eigenvalue weighted by atomic mass is 16.5. The van der Waals surface area contributed by atoms with Crippen molar-refractivity contribution in [3.05, 3.63) is 85.1 Å². The molecule has 3 atom stereocenters. The zero-order valence-corrected chi connectivity index (χ0v) is 23.5. The van der Waals surface area contributed by atoms with Crippen LogP contribution in [0.2, 0.25) is 0 Å². The Morgan fingerprint density at radius 2 is 1.83 bits per heavy atom. The third kappa shape index (κ3) is 5.45. The molecule has 214 valence electrons. The van der Waals surface area contributed by atoms with Gasteiger partial charge in [0, 0.05) is 56.8 Å². The maximum atomic E-state index is 14.4. The van der Waals surface area contributed by atoms with Gasteiger partial charge in [-0.3, -0.25) is 4.79 Å². The van der Waals surface area contributed by atoms with E-state index in [4.69, 9.17) is 9.72 Å². The lowest BCUT2D eigenvalue weighted by atomic mass is 9.80. The summed E-state index contributed by atoms with van der Waals surface area (Å²) in [5, 5.41) is 15.1. The molecule has 6 rings (SSSR count). The molecule has 0 spiro atoms. The summed E-state index contributed by atoms with van der Waals surface area (Å²) in [4.78, 5) is 25.7. The fraction of sp³-hybridized carbons (Fsp3) is 0.406. The highest BCUT2D eigenvalue weighted by Gasteiger charge is 2.42. The van der Waals surface area contributed by atoms with Gasteiger partial charge >= 0.3 is 0 Å². The number of aliphatic hydroxyl groups is 1. The smallest absolute Gasteiger partial charge is 0.275 e. The van der Waals surface area contributed by atoms with Crippen LogP contribution in [0.4, 0.5) is 0 Å². The number of ether oxygens (including phenoxy) is 1. The minimum atomic E-state index is -1.02. The summed E-state index contributed by atoms with van der Waals surface area (Å²) in [6.45, 7) is 2.82. The second-order valence-electron chi connectivity index (χ2n) is 11.1. The highest BCUT2D eigenvalue weighted by Crippen LogP contribution is 2.41. The number of aromatic nitrogens is 4. The second kappa shape index (κ2) is 12.0. The third-order valence-electron chi connectivity index (χ3n) is 8.50. The zero-order valence-electron chi connectivity index (χ0n) is 23.5. The van der Waals surface area contributed by atoms with Crippen molar-refractivity contribution in [3.63, 3.8) is 0 Å². The van der Waals surface area contributed by atoms with E-state index in [1.165, 1.54) is 0 Å². The molecule has 9 nitrogen and oxygen atoms in total. The first-order chi connectivity index (χ1) is 20.1. The van der Waals surface area contributed by atoms with Gasteiger partial charge in [0.1, 0.15) is 11.4 Å². The number of rotatable bonds is 8.